The maximum absolute atomic E-state index is 14.2. The van der Waals surface area contributed by atoms with E-state index >= 15 is 0 Å². The summed E-state index contributed by atoms with van der Waals surface area (Å²) in [6.07, 6.45) is -4.71. The summed E-state index contributed by atoms with van der Waals surface area (Å²) >= 11 is 0. The van der Waals surface area contributed by atoms with Gasteiger partial charge in [0.15, 0.2) is 5.82 Å². The largest absolute Gasteiger partial charge is 0.453 e. The molecule has 0 atom stereocenters. The van der Waals surface area contributed by atoms with E-state index < -0.39 is 29.1 Å². The fraction of sp³-hybridized carbons (Fsp3) is 0.278. The van der Waals surface area contributed by atoms with E-state index in [1.54, 1.807) is 12.1 Å². The Labute approximate surface area is 151 Å². The number of aromatic nitrogens is 4. The third kappa shape index (κ3) is 3.96. The summed E-state index contributed by atoms with van der Waals surface area (Å²) in [5.74, 6) is -3.09. The zero-order valence-electron chi connectivity index (χ0n) is 14.6. The number of halogens is 5. The van der Waals surface area contributed by atoms with Crippen LogP contribution in [0, 0.1) is 11.6 Å². The van der Waals surface area contributed by atoms with Crippen molar-refractivity contribution in [3.63, 3.8) is 0 Å². The van der Waals surface area contributed by atoms with Gasteiger partial charge in [-0.25, -0.2) is 18.7 Å². The van der Waals surface area contributed by atoms with E-state index in [1.807, 2.05) is 20.8 Å². The molecule has 0 aliphatic carbocycles. The van der Waals surface area contributed by atoms with Crippen LogP contribution in [0.3, 0.4) is 0 Å². The van der Waals surface area contributed by atoms with Crippen molar-refractivity contribution in [3.05, 3.63) is 53.4 Å². The number of hydrogen-bond donors (Lipinski definition) is 1. The van der Waals surface area contributed by atoms with E-state index in [1.165, 1.54) is 6.07 Å². The maximum Gasteiger partial charge on any atom is 0.453 e. The lowest BCUT2D eigenvalue weighted by Gasteiger charge is -2.20. The lowest BCUT2D eigenvalue weighted by atomic mass is 9.86. The second-order valence-electron chi connectivity index (χ2n) is 7.01. The lowest BCUT2D eigenvalue weighted by molar-refractivity contribution is -0.144. The van der Waals surface area contributed by atoms with Gasteiger partial charge in [0, 0.05) is 11.6 Å². The number of pyridine rings is 1. The third-order valence-corrected chi connectivity index (χ3v) is 3.88. The zero-order valence-corrected chi connectivity index (χ0v) is 14.6. The number of alkyl halides is 3. The van der Waals surface area contributed by atoms with Gasteiger partial charge in [-0.05, 0) is 35.2 Å². The van der Waals surface area contributed by atoms with Crippen LogP contribution in [0.1, 0.15) is 32.2 Å². The van der Waals surface area contributed by atoms with Crippen LogP contribution in [-0.2, 0) is 11.6 Å². The van der Waals surface area contributed by atoms with Crippen LogP contribution in [-0.4, -0.2) is 20.2 Å². The Bertz CT molecular complexity index is 986. The number of benzene rings is 1. The highest BCUT2D eigenvalue weighted by Crippen LogP contribution is 2.32. The van der Waals surface area contributed by atoms with Gasteiger partial charge >= 0.3 is 6.18 Å². The molecule has 2 heterocycles. The molecule has 1 N–H and O–H groups in total. The van der Waals surface area contributed by atoms with Gasteiger partial charge in [0.1, 0.15) is 17.3 Å². The summed E-state index contributed by atoms with van der Waals surface area (Å²) in [4.78, 5) is 7.65. The molecule has 0 saturated carbocycles. The zero-order chi connectivity index (χ0) is 20.0. The second-order valence-corrected chi connectivity index (χ2v) is 7.01. The Morgan fingerprint density at radius 3 is 2.11 bits per heavy atom. The smallest absolute Gasteiger partial charge is 0.257 e. The van der Waals surface area contributed by atoms with Crippen LogP contribution in [0.5, 0.6) is 0 Å². The average molecular weight is 382 g/mol. The van der Waals surface area contributed by atoms with E-state index in [4.69, 9.17) is 0 Å². The molecule has 0 unspecified atom stereocenters. The Kier molecular flexibility index (Phi) is 4.49. The van der Waals surface area contributed by atoms with Gasteiger partial charge in [0.2, 0.25) is 0 Å². The first kappa shape index (κ1) is 18.9. The van der Waals surface area contributed by atoms with Crippen LogP contribution in [0.15, 0.2) is 30.3 Å². The molecule has 1 aromatic carbocycles. The van der Waals surface area contributed by atoms with Crippen LogP contribution in [0.2, 0.25) is 0 Å². The van der Waals surface area contributed by atoms with E-state index in [9.17, 15) is 22.0 Å². The molecule has 2 aromatic heterocycles. The van der Waals surface area contributed by atoms with Crippen molar-refractivity contribution in [1.29, 1.82) is 0 Å². The minimum absolute atomic E-state index is 0.0271. The predicted octanol–water partition coefficient (Wildman–Crippen LogP) is 5.13. The van der Waals surface area contributed by atoms with Gasteiger partial charge in [0.25, 0.3) is 5.82 Å². The first-order chi connectivity index (χ1) is 12.4. The average Bonchev–Trinajstić information content (AvgIpc) is 3.04. The van der Waals surface area contributed by atoms with Crippen molar-refractivity contribution in [2.45, 2.75) is 32.4 Å². The summed E-state index contributed by atoms with van der Waals surface area (Å²) in [6, 6.07) is 6.20. The fourth-order valence-corrected chi connectivity index (χ4v) is 2.42. The molecule has 0 aliphatic rings. The molecule has 3 aromatic rings. The van der Waals surface area contributed by atoms with Gasteiger partial charge in [-0.15, -0.1) is 5.10 Å². The molecule has 0 saturated heterocycles. The maximum atomic E-state index is 14.2. The second kappa shape index (κ2) is 6.40. The van der Waals surface area contributed by atoms with Crippen LogP contribution in [0.4, 0.5) is 22.0 Å². The minimum atomic E-state index is -4.71. The highest BCUT2D eigenvalue weighted by molar-refractivity contribution is 5.65. The van der Waals surface area contributed by atoms with Crippen LogP contribution >= 0.6 is 0 Å². The molecule has 27 heavy (non-hydrogen) atoms. The molecule has 0 bridgehead atoms. The predicted molar refractivity (Wildman–Crippen MR) is 88.7 cm³/mol. The number of H-pyrrole nitrogens is 1. The van der Waals surface area contributed by atoms with E-state index in [0.29, 0.717) is 5.56 Å². The SMILES string of the molecule is CC(C)(C)c1cc(-c2nc(C(F)(F)F)n[nH]2)nc(-c2ccc(F)cc2F)c1. The molecule has 0 spiro atoms. The molecule has 142 valence electrons. The number of nitrogens with one attached hydrogen (secondary N) is 1. The van der Waals surface area contributed by atoms with Gasteiger partial charge in [-0.1, -0.05) is 20.8 Å². The normalized spacial score (nSPS) is 12.4. The summed E-state index contributed by atoms with van der Waals surface area (Å²) in [5.41, 5.74) is 0.537. The van der Waals surface area contributed by atoms with Gasteiger partial charge in [-0.3, -0.25) is 5.10 Å². The van der Waals surface area contributed by atoms with Crippen molar-refractivity contribution in [2.75, 3.05) is 0 Å². The van der Waals surface area contributed by atoms with Crippen molar-refractivity contribution >= 4 is 0 Å². The van der Waals surface area contributed by atoms with Crippen molar-refractivity contribution < 1.29 is 22.0 Å². The number of nitrogens with zero attached hydrogens (tertiary/aromatic N) is 3. The van der Waals surface area contributed by atoms with Gasteiger partial charge in [-0.2, -0.15) is 13.2 Å². The summed E-state index contributed by atoms with van der Waals surface area (Å²) in [5, 5.41) is 5.37. The molecular weight excluding hydrogens is 367 g/mol. The van der Waals surface area contributed by atoms with Gasteiger partial charge < -0.3 is 0 Å². The summed E-state index contributed by atoms with van der Waals surface area (Å²) in [7, 11) is 0. The first-order valence-corrected chi connectivity index (χ1v) is 7.93. The quantitative estimate of drug-likeness (QED) is 0.626. The highest BCUT2D eigenvalue weighted by atomic mass is 19.4. The van der Waals surface area contributed by atoms with Crippen molar-refractivity contribution in [1.82, 2.24) is 20.2 Å². The van der Waals surface area contributed by atoms with Gasteiger partial charge in [0.05, 0.1) is 5.69 Å². The molecule has 0 amide bonds. The van der Waals surface area contributed by atoms with Crippen LogP contribution in [0.25, 0.3) is 22.8 Å². The Morgan fingerprint density at radius 1 is 0.889 bits per heavy atom. The van der Waals surface area contributed by atoms with Crippen LogP contribution < -0.4 is 0 Å². The molecule has 0 fully saturated rings. The molecule has 3 rings (SSSR count). The summed E-state index contributed by atoms with van der Waals surface area (Å²) < 4.78 is 65.7. The topological polar surface area (TPSA) is 54.5 Å². The van der Waals surface area contributed by atoms with E-state index in [2.05, 4.69) is 20.2 Å². The first-order valence-electron chi connectivity index (χ1n) is 7.93. The molecule has 0 radical (unpaired) electrons. The molecule has 4 nitrogen and oxygen atoms in total. The Morgan fingerprint density at radius 2 is 1.56 bits per heavy atom. The number of rotatable bonds is 2. The number of aromatic amines is 1. The molecule has 0 aliphatic heterocycles. The Hall–Kier alpha value is -2.84. The standard InChI is InChI=1S/C18H15F5N4/c1-17(2,3)9-6-13(11-5-4-10(19)8-12(11)20)24-14(7-9)15-25-16(27-26-15)18(21,22)23/h4-8H,1-3H3,(H,25,26,27). The molecular formula is C18H15F5N4. The van der Waals surface area contributed by atoms with E-state index in [0.717, 1.165) is 12.1 Å². The Balaban J connectivity index is 2.19. The molecule has 9 heteroatoms. The lowest BCUT2D eigenvalue weighted by Crippen LogP contribution is -2.12. The monoisotopic (exact) mass is 382 g/mol. The van der Waals surface area contributed by atoms with Crippen molar-refractivity contribution in [2.24, 2.45) is 0 Å². The minimum Gasteiger partial charge on any atom is -0.257 e. The third-order valence-electron chi connectivity index (χ3n) is 3.88. The fourth-order valence-electron chi connectivity index (χ4n) is 2.42. The van der Waals surface area contributed by atoms with E-state index in [-0.39, 0.29) is 22.8 Å². The van der Waals surface area contributed by atoms with Crippen molar-refractivity contribution in [3.8, 4) is 22.8 Å². The number of hydrogen-bond acceptors (Lipinski definition) is 3. The summed E-state index contributed by atoms with van der Waals surface area (Å²) in [6.45, 7) is 5.66. The highest BCUT2D eigenvalue weighted by Gasteiger charge is 2.36.